The minimum Gasteiger partial charge on any atom is -0.439 e. The van der Waals surface area contributed by atoms with Gasteiger partial charge in [-0.25, -0.2) is 13.4 Å². The molecule has 154 valence electrons. The maximum atomic E-state index is 12.8. The lowest BCUT2D eigenvalue weighted by Crippen LogP contribution is -2.24. The van der Waals surface area contributed by atoms with Gasteiger partial charge in [-0.1, -0.05) is 55.7 Å². The standard InChI is InChI=1S/C24H23NO4S/c26-17-18-6-8-19(9-7-18)20-10-12-21(13-11-20)29-24-15-14-23(16-25-24)30(27,28)22-4-2-1-3-5-22/h6-17,22H,1-5H2. The van der Waals surface area contributed by atoms with Crippen molar-refractivity contribution < 1.29 is 17.9 Å². The number of pyridine rings is 1. The molecule has 1 aromatic heterocycles. The number of hydrogen-bond donors (Lipinski definition) is 0. The lowest BCUT2D eigenvalue weighted by molar-refractivity contribution is 0.112. The molecular weight excluding hydrogens is 398 g/mol. The topological polar surface area (TPSA) is 73.3 Å². The lowest BCUT2D eigenvalue weighted by atomic mass is 10.0. The van der Waals surface area contributed by atoms with E-state index in [1.165, 1.54) is 6.20 Å². The Bertz CT molecular complexity index is 1100. The first kappa shape index (κ1) is 20.3. The van der Waals surface area contributed by atoms with E-state index >= 15 is 0 Å². The van der Waals surface area contributed by atoms with E-state index in [0.29, 0.717) is 17.2 Å². The van der Waals surface area contributed by atoms with Crippen molar-refractivity contribution in [3.8, 4) is 22.8 Å². The van der Waals surface area contributed by atoms with Gasteiger partial charge in [-0.15, -0.1) is 0 Å². The molecule has 4 rings (SSSR count). The van der Waals surface area contributed by atoms with Crippen molar-refractivity contribution >= 4 is 16.1 Å². The van der Waals surface area contributed by atoms with Crippen molar-refractivity contribution in [2.75, 3.05) is 0 Å². The second kappa shape index (κ2) is 8.79. The Morgan fingerprint density at radius 2 is 1.47 bits per heavy atom. The molecule has 0 amide bonds. The third-order valence-electron chi connectivity index (χ3n) is 5.49. The van der Waals surface area contributed by atoms with E-state index in [1.54, 1.807) is 24.3 Å². The van der Waals surface area contributed by atoms with E-state index in [1.807, 2.05) is 36.4 Å². The Balaban J connectivity index is 1.44. The molecule has 0 saturated heterocycles. The van der Waals surface area contributed by atoms with Crippen LogP contribution in [0.25, 0.3) is 11.1 Å². The third kappa shape index (κ3) is 4.44. The third-order valence-corrected chi connectivity index (χ3v) is 7.73. The average Bonchev–Trinajstić information content (AvgIpc) is 2.81. The normalized spacial score (nSPS) is 14.9. The average molecular weight is 422 g/mol. The highest BCUT2D eigenvalue weighted by Crippen LogP contribution is 2.30. The fourth-order valence-electron chi connectivity index (χ4n) is 3.75. The van der Waals surface area contributed by atoms with Crippen molar-refractivity contribution in [1.82, 2.24) is 4.98 Å². The molecule has 1 heterocycles. The molecule has 0 atom stereocenters. The first-order valence-corrected chi connectivity index (χ1v) is 11.6. The lowest BCUT2D eigenvalue weighted by Gasteiger charge is -2.21. The van der Waals surface area contributed by atoms with E-state index in [-0.39, 0.29) is 10.1 Å². The largest absolute Gasteiger partial charge is 0.439 e. The van der Waals surface area contributed by atoms with Crippen LogP contribution in [0.2, 0.25) is 0 Å². The maximum absolute atomic E-state index is 12.8. The van der Waals surface area contributed by atoms with Crippen LogP contribution < -0.4 is 4.74 Å². The fourth-order valence-corrected chi connectivity index (χ4v) is 5.55. The number of nitrogens with zero attached hydrogens (tertiary/aromatic N) is 1. The number of ether oxygens (including phenoxy) is 1. The van der Waals surface area contributed by atoms with Gasteiger partial charge in [0.2, 0.25) is 5.88 Å². The molecule has 0 radical (unpaired) electrons. The van der Waals surface area contributed by atoms with Crippen LogP contribution >= 0.6 is 0 Å². The Hall–Kier alpha value is -2.99. The van der Waals surface area contributed by atoms with Crippen molar-refractivity contribution in [3.63, 3.8) is 0 Å². The highest BCUT2D eigenvalue weighted by Gasteiger charge is 2.29. The predicted molar refractivity (Wildman–Crippen MR) is 116 cm³/mol. The minimum atomic E-state index is -3.33. The predicted octanol–water partition coefficient (Wildman–Crippen LogP) is 5.46. The Morgan fingerprint density at radius 1 is 0.833 bits per heavy atom. The number of carbonyl (C=O) groups is 1. The zero-order valence-corrected chi connectivity index (χ0v) is 17.3. The highest BCUT2D eigenvalue weighted by atomic mass is 32.2. The zero-order chi connectivity index (χ0) is 21.0. The molecule has 1 aliphatic rings. The summed E-state index contributed by atoms with van der Waals surface area (Å²) in [4.78, 5) is 15.2. The molecule has 0 bridgehead atoms. The van der Waals surface area contributed by atoms with Crippen LogP contribution in [0.1, 0.15) is 42.5 Å². The molecule has 30 heavy (non-hydrogen) atoms. The second-order valence-corrected chi connectivity index (χ2v) is 9.73. The monoisotopic (exact) mass is 421 g/mol. The molecule has 0 N–H and O–H groups in total. The molecule has 2 aromatic carbocycles. The molecule has 1 fully saturated rings. The number of hydrogen-bond acceptors (Lipinski definition) is 5. The van der Waals surface area contributed by atoms with Gasteiger partial charge in [0.1, 0.15) is 12.0 Å². The van der Waals surface area contributed by atoms with Crippen molar-refractivity contribution in [2.45, 2.75) is 42.2 Å². The van der Waals surface area contributed by atoms with E-state index in [9.17, 15) is 13.2 Å². The van der Waals surface area contributed by atoms with Crippen molar-refractivity contribution in [3.05, 3.63) is 72.4 Å². The van der Waals surface area contributed by atoms with Gasteiger partial charge in [0.25, 0.3) is 0 Å². The molecule has 3 aromatic rings. The number of rotatable bonds is 6. The highest BCUT2D eigenvalue weighted by molar-refractivity contribution is 7.92. The van der Waals surface area contributed by atoms with Gasteiger partial charge >= 0.3 is 0 Å². The molecule has 1 saturated carbocycles. The quantitative estimate of drug-likeness (QED) is 0.494. The van der Waals surface area contributed by atoms with Crippen LogP contribution in [0.3, 0.4) is 0 Å². The summed E-state index contributed by atoms with van der Waals surface area (Å²) in [6.07, 6.45) is 6.71. The number of aldehydes is 1. The van der Waals surface area contributed by atoms with E-state index in [2.05, 4.69) is 4.98 Å². The van der Waals surface area contributed by atoms with Crippen LogP contribution in [0, 0.1) is 0 Å². The zero-order valence-electron chi connectivity index (χ0n) is 16.5. The number of aromatic nitrogens is 1. The molecule has 0 unspecified atom stereocenters. The summed E-state index contributed by atoms with van der Waals surface area (Å²) >= 11 is 0. The van der Waals surface area contributed by atoms with Gasteiger partial charge < -0.3 is 4.74 Å². The van der Waals surface area contributed by atoms with Crippen molar-refractivity contribution in [1.29, 1.82) is 0 Å². The number of carbonyl (C=O) groups excluding carboxylic acids is 1. The van der Waals surface area contributed by atoms with Gasteiger partial charge in [-0.2, -0.15) is 0 Å². The van der Waals surface area contributed by atoms with Crippen LogP contribution in [-0.2, 0) is 9.84 Å². The molecule has 0 aliphatic heterocycles. The van der Waals surface area contributed by atoms with E-state index < -0.39 is 9.84 Å². The van der Waals surface area contributed by atoms with Crippen LogP contribution in [0.5, 0.6) is 11.6 Å². The Morgan fingerprint density at radius 3 is 2.03 bits per heavy atom. The number of sulfone groups is 1. The Kier molecular flexibility index (Phi) is 5.95. The Labute approximate surface area is 176 Å². The van der Waals surface area contributed by atoms with E-state index in [0.717, 1.165) is 49.5 Å². The van der Waals surface area contributed by atoms with Crippen molar-refractivity contribution in [2.24, 2.45) is 0 Å². The van der Waals surface area contributed by atoms with Gasteiger partial charge in [0.05, 0.1) is 10.1 Å². The summed E-state index contributed by atoms with van der Waals surface area (Å²) in [6, 6.07) is 18.0. The van der Waals surface area contributed by atoms with Gasteiger partial charge in [0.15, 0.2) is 9.84 Å². The maximum Gasteiger partial charge on any atom is 0.219 e. The molecule has 1 aliphatic carbocycles. The molecule has 6 heteroatoms. The van der Waals surface area contributed by atoms with Crippen LogP contribution in [-0.4, -0.2) is 24.9 Å². The SMILES string of the molecule is O=Cc1ccc(-c2ccc(Oc3ccc(S(=O)(=O)C4CCCCC4)cn3)cc2)cc1. The molecule has 0 spiro atoms. The fraction of sp³-hybridized carbons (Fsp3) is 0.250. The summed E-state index contributed by atoms with van der Waals surface area (Å²) in [5, 5.41) is -0.298. The molecular formula is C24H23NO4S. The van der Waals surface area contributed by atoms with E-state index in [4.69, 9.17) is 4.74 Å². The summed E-state index contributed by atoms with van der Waals surface area (Å²) in [7, 11) is -3.33. The number of benzene rings is 2. The van der Waals surface area contributed by atoms with Gasteiger partial charge in [-0.05, 0) is 42.2 Å². The van der Waals surface area contributed by atoms with Gasteiger partial charge in [-0.3, -0.25) is 4.79 Å². The second-order valence-electron chi connectivity index (χ2n) is 7.50. The first-order chi connectivity index (χ1) is 14.6. The summed E-state index contributed by atoms with van der Waals surface area (Å²) < 4.78 is 31.3. The van der Waals surface area contributed by atoms with Crippen LogP contribution in [0.4, 0.5) is 0 Å². The summed E-state index contributed by atoms with van der Waals surface area (Å²) in [5.74, 6) is 0.958. The van der Waals surface area contributed by atoms with Crippen LogP contribution in [0.15, 0.2) is 71.8 Å². The summed E-state index contributed by atoms with van der Waals surface area (Å²) in [5.41, 5.74) is 2.64. The smallest absolute Gasteiger partial charge is 0.219 e. The van der Waals surface area contributed by atoms with Gasteiger partial charge in [0, 0.05) is 17.8 Å². The first-order valence-electron chi connectivity index (χ1n) is 10.1. The summed E-state index contributed by atoms with van der Waals surface area (Å²) in [6.45, 7) is 0. The minimum absolute atomic E-state index is 0.260. The molecule has 5 nitrogen and oxygen atoms in total.